The number of fused-ring (bicyclic) bond motifs is 1. The molecule has 4 rings (SSSR count). The molecule has 0 saturated carbocycles. The third kappa shape index (κ3) is 3.63. The highest BCUT2D eigenvalue weighted by atomic mass is 32.1. The lowest BCUT2D eigenvalue weighted by Crippen LogP contribution is -2.37. The van der Waals surface area contributed by atoms with Crippen LogP contribution >= 0.6 is 11.3 Å². The fourth-order valence-corrected chi connectivity index (χ4v) is 5.09. The van der Waals surface area contributed by atoms with E-state index < -0.39 is 5.82 Å². The van der Waals surface area contributed by atoms with E-state index in [9.17, 15) is 14.0 Å². The number of nitrogens with zero attached hydrogens (tertiary/aromatic N) is 2. The van der Waals surface area contributed by atoms with Gasteiger partial charge >= 0.3 is 0 Å². The van der Waals surface area contributed by atoms with Crippen molar-refractivity contribution in [2.24, 2.45) is 0 Å². The molecule has 2 aliphatic rings. The molecule has 2 amide bonds. The van der Waals surface area contributed by atoms with Gasteiger partial charge in [0.2, 0.25) is 0 Å². The van der Waals surface area contributed by atoms with Crippen molar-refractivity contribution in [3.05, 3.63) is 57.0 Å². The van der Waals surface area contributed by atoms with Crippen molar-refractivity contribution in [3.63, 3.8) is 0 Å². The first kappa shape index (κ1) is 18.2. The van der Waals surface area contributed by atoms with Gasteiger partial charge in [-0.15, -0.1) is 11.3 Å². The molecule has 0 radical (unpaired) electrons. The second-order valence-electron chi connectivity index (χ2n) is 7.18. The maximum absolute atomic E-state index is 13.9. The molecule has 0 spiro atoms. The minimum atomic E-state index is -0.496. The van der Waals surface area contributed by atoms with Crippen LogP contribution in [0.15, 0.2) is 29.6 Å². The van der Waals surface area contributed by atoms with E-state index in [1.807, 2.05) is 10.3 Å². The number of hydrogen-bond acceptors (Lipinski definition) is 3. The van der Waals surface area contributed by atoms with Crippen molar-refractivity contribution in [1.82, 2.24) is 9.80 Å². The minimum absolute atomic E-state index is 0.0783. The lowest BCUT2D eigenvalue weighted by Gasteiger charge is -2.23. The Morgan fingerprint density at radius 3 is 2.26 bits per heavy atom. The molecule has 1 aliphatic heterocycles. The highest BCUT2D eigenvalue weighted by molar-refractivity contribution is 7.10. The maximum atomic E-state index is 13.9. The number of carbonyl (C=O) groups is 2. The van der Waals surface area contributed by atoms with Crippen LogP contribution in [0.4, 0.5) is 4.39 Å². The molecule has 2 aromatic rings. The van der Waals surface area contributed by atoms with Gasteiger partial charge in [0.1, 0.15) is 5.82 Å². The van der Waals surface area contributed by atoms with Crippen molar-refractivity contribution < 1.29 is 14.0 Å². The van der Waals surface area contributed by atoms with Gasteiger partial charge in [0.25, 0.3) is 11.8 Å². The van der Waals surface area contributed by atoms with Crippen LogP contribution in [0, 0.1) is 5.82 Å². The molecule has 1 aromatic heterocycles. The Kier molecular flexibility index (Phi) is 5.25. The molecule has 1 fully saturated rings. The minimum Gasteiger partial charge on any atom is -0.337 e. The summed E-state index contributed by atoms with van der Waals surface area (Å²) in [6.07, 6.45) is 5.13. The predicted molar refractivity (Wildman–Crippen MR) is 104 cm³/mol. The summed E-state index contributed by atoms with van der Waals surface area (Å²) in [6, 6.07) is 6.07. The first-order valence-corrected chi connectivity index (χ1v) is 10.5. The number of carbonyl (C=O) groups excluding carboxylic acids is 2. The van der Waals surface area contributed by atoms with Crippen molar-refractivity contribution in [2.75, 3.05) is 26.2 Å². The van der Waals surface area contributed by atoms with Gasteiger partial charge < -0.3 is 9.80 Å². The summed E-state index contributed by atoms with van der Waals surface area (Å²) in [5.41, 5.74) is 2.19. The fourth-order valence-electron chi connectivity index (χ4n) is 3.97. The normalized spacial score (nSPS) is 17.4. The molecule has 6 heteroatoms. The van der Waals surface area contributed by atoms with E-state index in [0.29, 0.717) is 32.6 Å². The highest BCUT2D eigenvalue weighted by Crippen LogP contribution is 2.31. The van der Waals surface area contributed by atoms with Gasteiger partial charge in [-0.3, -0.25) is 9.59 Å². The second kappa shape index (κ2) is 7.80. The molecule has 1 saturated heterocycles. The van der Waals surface area contributed by atoms with E-state index in [1.54, 1.807) is 28.4 Å². The van der Waals surface area contributed by atoms with Gasteiger partial charge in [-0.1, -0.05) is 12.1 Å². The Morgan fingerprint density at radius 1 is 0.852 bits per heavy atom. The van der Waals surface area contributed by atoms with Crippen molar-refractivity contribution in [3.8, 4) is 0 Å². The number of aryl methyl sites for hydroxylation is 1. The van der Waals surface area contributed by atoms with Crippen LogP contribution in [0.2, 0.25) is 0 Å². The molecule has 1 aliphatic carbocycles. The molecule has 4 nitrogen and oxygen atoms in total. The maximum Gasteiger partial charge on any atom is 0.256 e. The number of hydrogen-bond donors (Lipinski definition) is 0. The summed E-state index contributed by atoms with van der Waals surface area (Å²) in [7, 11) is 0. The predicted octanol–water partition coefficient (Wildman–Crippen LogP) is 3.75. The number of amides is 2. The van der Waals surface area contributed by atoms with E-state index in [2.05, 4.69) is 0 Å². The number of halogens is 1. The first-order chi connectivity index (χ1) is 13.1. The van der Waals surface area contributed by atoms with Gasteiger partial charge in [0.05, 0.1) is 11.1 Å². The molecule has 0 N–H and O–H groups in total. The molecule has 0 atom stereocenters. The zero-order valence-corrected chi connectivity index (χ0v) is 16.1. The monoisotopic (exact) mass is 386 g/mol. The highest BCUT2D eigenvalue weighted by Gasteiger charge is 2.27. The van der Waals surface area contributed by atoms with Crippen molar-refractivity contribution in [1.29, 1.82) is 0 Å². The summed E-state index contributed by atoms with van der Waals surface area (Å²) >= 11 is 1.70. The van der Waals surface area contributed by atoms with Gasteiger partial charge in [-0.25, -0.2) is 4.39 Å². The van der Waals surface area contributed by atoms with E-state index in [4.69, 9.17) is 0 Å². The van der Waals surface area contributed by atoms with Crippen LogP contribution in [0.1, 0.15) is 50.4 Å². The van der Waals surface area contributed by atoms with E-state index in [1.165, 1.54) is 29.0 Å². The molecular formula is C21H23FN2O2S. The number of rotatable bonds is 2. The van der Waals surface area contributed by atoms with Crippen LogP contribution in [0.25, 0.3) is 0 Å². The Bertz CT molecular complexity index is 864. The zero-order valence-electron chi connectivity index (χ0n) is 15.2. The second-order valence-corrected chi connectivity index (χ2v) is 8.14. The summed E-state index contributed by atoms with van der Waals surface area (Å²) < 4.78 is 13.9. The molecule has 1 aromatic carbocycles. The molecule has 142 valence electrons. The summed E-state index contributed by atoms with van der Waals surface area (Å²) in [5.74, 6) is -0.713. The first-order valence-electron chi connectivity index (χ1n) is 9.57. The third-order valence-electron chi connectivity index (χ3n) is 5.47. The summed E-state index contributed by atoms with van der Waals surface area (Å²) in [6.45, 7) is 2.10. The Balaban J connectivity index is 1.46. The van der Waals surface area contributed by atoms with Crippen LogP contribution in [0.3, 0.4) is 0 Å². The van der Waals surface area contributed by atoms with Crippen molar-refractivity contribution >= 4 is 23.2 Å². The number of benzene rings is 1. The number of thiophene rings is 1. The lowest BCUT2D eigenvalue weighted by atomic mass is 9.95. The summed E-state index contributed by atoms with van der Waals surface area (Å²) in [4.78, 5) is 30.6. The molecule has 27 heavy (non-hydrogen) atoms. The van der Waals surface area contributed by atoms with Gasteiger partial charge in [-0.05, 0) is 49.8 Å². The van der Waals surface area contributed by atoms with Gasteiger partial charge in [0.15, 0.2) is 0 Å². The van der Waals surface area contributed by atoms with Crippen LogP contribution in [-0.4, -0.2) is 47.8 Å². The van der Waals surface area contributed by atoms with E-state index in [0.717, 1.165) is 24.8 Å². The Hall–Kier alpha value is -2.21. The zero-order chi connectivity index (χ0) is 18.8. The van der Waals surface area contributed by atoms with E-state index >= 15 is 0 Å². The Morgan fingerprint density at radius 2 is 1.52 bits per heavy atom. The van der Waals surface area contributed by atoms with Gasteiger partial charge in [0, 0.05) is 36.4 Å². The fraction of sp³-hybridized carbons (Fsp3) is 0.429. The average Bonchev–Trinajstić information content (AvgIpc) is 2.96. The SMILES string of the molecule is O=C(c1ccccc1F)N1CCCN(C(=O)c2csc3c2CCCC3)CC1. The van der Waals surface area contributed by atoms with Crippen molar-refractivity contribution in [2.45, 2.75) is 32.1 Å². The molecule has 0 bridgehead atoms. The largest absolute Gasteiger partial charge is 0.337 e. The molecule has 2 heterocycles. The molecule has 0 unspecified atom stereocenters. The average molecular weight is 386 g/mol. The standard InChI is InChI=1S/C21H23FN2O2S/c22-18-8-3-1-7-16(18)20(25)23-10-5-11-24(13-12-23)21(26)17-14-27-19-9-4-2-6-15(17)19/h1,3,7-8,14H,2,4-6,9-13H2. The third-order valence-corrected chi connectivity index (χ3v) is 6.55. The Labute approximate surface area is 162 Å². The summed E-state index contributed by atoms with van der Waals surface area (Å²) in [5, 5.41) is 2.01. The molecular weight excluding hydrogens is 363 g/mol. The van der Waals surface area contributed by atoms with Crippen LogP contribution in [-0.2, 0) is 12.8 Å². The van der Waals surface area contributed by atoms with Crippen LogP contribution < -0.4 is 0 Å². The van der Waals surface area contributed by atoms with Gasteiger partial charge in [-0.2, -0.15) is 0 Å². The topological polar surface area (TPSA) is 40.6 Å². The van der Waals surface area contributed by atoms with E-state index in [-0.39, 0.29) is 17.4 Å². The van der Waals surface area contributed by atoms with Crippen LogP contribution in [0.5, 0.6) is 0 Å². The quantitative estimate of drug-likeness (QED) is 0.789. The smallest absolute Gasteiger partial charge is 0.256 e. The lowest BCUT2D eigenvalue weighted by molar-refractivity contribution is 0.0715.